The van der Waals surface area contributed by atoms with Gasteiger partial charge in [0.05, 0.1) is 56.7 Å². The van der Waals surface area contributed by atoms with Crippen LogP contribution in [-0.2, 0) is 0 Å². The molecule has 0 aliphatic carbocycles. The van der Waals surface area contributed by atoms with Gasteiger partial charge in [-0.2, -0.15) is 0 Å². The van der Waals surface area contributed by atoms with Gasteiger partial charge in [-0.3, -0.25) is 4.90 Å². The van der Waals surface area contributed by atoms with Gasteiger partial charge in [-0.1, -0.05) is 273 Å². The molecule has 3 aromatic carbocycles. The lowest BCUT2D eigenvalue weighted by Crippen LogP contribution is -2.48. The van der Waals surface area contributed by atoms with Gasteiger partial charge in [0.15, 0.2) is 34.5 Å². The molecule has 0 aromatic heterocycles. The maximum atomic E-state index is 6.79. The smallest absolute Gasteiger partial charge is 0.163 e. The molecule has 10 nitrogen and oxygen atoms in total. The second-order valence-electron chi connectivity index (χ2n) is 24.9. The Labute approximate surface area is 518 Å². The van der Waals surface area contributed by atoms with E-state index >= 15 is 0 Å². The molecule has 0 unspecified atom stereocenters. The first-order chi connectivity index (χ1) is 42.0. The molecular weight excluding hydrogens is 1050 g/mol. The van der Waals surface area contributed by atoms with Gasteiger partial charge < -0.3 is 28.4 Å². The molecule has 0 amide bonds. The summed E-state index contributed by atoms with van der Waals surface area (Å²) in [6.07, 6.45) is 51.2. The summed E-state index contributed by atoms with van der Waals surface area (Å²) >= 11 is 0. The maximum Gasteiger partial charge on any atom is 0.163 e. The number of hydrogen-bond donors (Lipinski definition) is 0. The van der Waals surface area contributed by atoms with E-state index in [9.17, 15) is 0 Å². The minimum absolute atomic E-state index is 0.625. The molecule has 0 fully saturated rings. The van der Waals surface area contributed by atoms with Crippen molar-refractivity contribution in [1.82, 2.24) is 4.90 Å². The first-order valence-corrected chi connectivity index (χ1v) is 35.9. The Bertz CT molecular complexity index is 2130. The molecule has 3 aliphatic rings. The lowest BCUT2D eigenvalue weighted by Gasteiger charge is -2.39. The Hall–Kier alpha value is -4.73. The van der Waals surface area contributed by atoms with Gasteiger partial charge in [-0.15, -0.1) is 0 Å². The van der Waals surface area contributed by atoms with E-state index in [0.717, 1.165) is 163 Å². The van der Waals surface area contributed by atoms with Crippen molar-refractivity contribution >= 4 is 34.6 Å². The lowest BCUT2D eigenvalue weighted by molar-refractivity contribution is 0.258. The zero-order valence-electron chi connectivity index (χ0n) is 55.1. The molecule has 476 valence electrons. The fourth-order valence-electron chi connectivity index (χ4n) is 11.9. The number of benzene rings is 3. The quantitative estimate of drug-likeness (QED) is 0.0520. The van der Waals surface area contributed by atoms with Crippen LogP contribution in [0, 0.1) is 0 Å². The summed E-state index contributed by atoms with van der Waals surface area (Å²) in [5.74, 6) is 6.73. The number of fused-ring (bicyclic) bond motifs is 6. The average Bonchev–Trinajstić information content (AvgIpc) is 1.66. The fourth-order valence-corrected chi connectivity index (χ4v) is 11.9. The predicted octanol–water partition coefficient (Wildman–Crippen LogP) is 23.3. The summed E-state index contributed by atoms with van der Waals surface area (Å²) in [7, 11) is 0. The Kier molecular flexibility index (Phi) is 35.1. The number of amidine groups is 3. The van der Waals surface area contributed by atoms with Crippen molar-refractivity contribution < 1.29 is 28.4 Å². The molecular formula is C75H120N4O6. The van der Waals surface area contributed by atoms with Gasteiger partial charge >= 0.3 is 0 Å². The number of unbranched alkanes of at least 4 members (excludes halogenated alkanes) is 36. The molecule has 0 bridgehead atoms. The standard InChI is InChI=1S/C75H120N4O6/c1-7-13-19-25-31-37-43-49-80-67-55-61-64(58-70(67)83-52-46-40-34-28-22-16-10-4)76-74-63-57-69(82-51-45-39-33-27-21-15-9-3)72(85-54-48-42-36-30-24-18-12-6)60-66(63)78-75-62-56-68(81-50-44-38-32-26-20-14-8-2)71(59-65(62)77-73(61)79(74)75)84-53-47-41-35-29-23-17-11-5/h55-60H,7-54H2,1-6H3. The summed E-state index contributed by atoms with van der Waals surface area (Å²) in [4.78, 5) is 19.1. The van der Waals surface area contributed by atoms with Crippen LogP contribution in [0.5, 0.6) is 34.5 Å². The lowest BCUT2D eigenvalue weighted by atomic mass is 9.97. The Balaban J connectivity index is 1.41. The van der Waals surface area contributed by atoms with E-state index in [4.69, 9.17) is 43.4 Å². The van der Waals surface area contributed by atoms with Crippen molar-refractivity contribution in [2.75, 3.05) is 39.6 Å². The van der Waals surface area contributed by atoms with Crippen LogP contribution in [0.2, 0.25) is 0 Å². The number of hydrogen-bond acceptors (Lipinski definition) is 10. The first-order valence-electron chi connectivity index (χ1n) is 35.9. The number of aliphatic imine (C=N–C) groups is 3. The molecule has 85 heavy (non-hydrogen) atoms. The fraction of sp³-hybridized carbons (Fsp3) is 0.720. The van der Waals surface area contributed by atoms with Crippen LogP contribution in [0.1, 0.15) is 328 Å². The molecule has 0 spiro atoms. The van der Waals surface area contributed by atoms with Crippen molar-refractivity contribution in [3.05, 3.63) is 53.1 Å². The van der Waals surface area contributed by atoms with Crippen LogP contribution in [-0.4, -0.2) is 62.0 Å². The third-order valence-electron chi connectivity index (χ3n) is 17.3. The number of nitrogens with zero attached hydrogens (tertiary/aromatic N) is 4. The van der Waals surface area contributed by atoms with Crippen LogP contribution in [0.15, 0.2) is 51.4 Å². The predicted molar refractivity (Wildman–Crippen MR) is 361 cm³/mol. The Morgan fingerprint density at radius 2 is 0.388 bits per heavy atom. The highest BCUT2D eigenvalue weighted by atomic mass is 16.5. The van der Waals surface area contributed by atoms with E-state index in [-0.39, 0.29) is 0 Å². The SMILES string of the molecule is CCCCCCCCCOc1cc2c(cc1OCCCCCCCCC)C1=Nc3cc(OCCCCCCCCC)c(OCCCCCCCCC)cc3C3=Nc4cc(OCCCCCCCCC)c(OCCCCCCCCC)cc4C(=N2)N13. The first kappa shape index (κ1) is 69.4. The molecule has 0 atom stereocenters. The minimum atomic E-state index is 0.625. The zero-order chi connectivity index (χ0) is 59.8. The van der Waals surface area contributed by atoms with E-state index in [0.29, 0.717) is 39.6 Å². The van der Waals surface area contributed by atoms with Crippen molar-refractivity contribution in [2.24, 2.45) is 15.0 Å². The normalized spacial score (nSPS) is 12.9. The summed E-state index contributed by atoms with van der Waals surface area (Å²) in [6.45, 7) is 17.4. The van der Waals surface area contributed by atoms with E-state index < -0.39 is 0 Å². The second-order valence-corrected chi connectivity index (χ2v) is 24.9. The molecule has 0 radical (unpaired) electrons. The van der Waals surface area contributed by atoms with Gasteiger partial charge in [0.2, 0.25) is 0 Å². The van der Waals surface area contributed by atoms with Crippen LogP contribution in [0.3, 0.4) is 0 Å². The van der Waals surface area contributed by atoms with Crippen molar-refractivity contribution in [3.8, 4) is 34.5 Å². The topological polar surface area (TPSA) is 95.7 Å². The van der Waals surface area contributed by atoms with E-state index in [1.165, 1.54) is 193 Å². The minimum Gasteiger partial charge on any atom is -0.490 e. The third kappa shape index (κ3) is 24.4. The summed E-state index contributed by atoms with van der Waals surface area (Å²) in [5.41, 5.74) is 5.06. The molecule has 0 saturated carbocycles. The highest BCUT2D eigenvalue weighted by molar-refractivity contribution is 6.36. The van der Waals surface area contributed by atoms with E-state index in [1.807, 2.05) is 0 Å². The van der Waals surface area contributed by atoms with Crippen molar-refractivity contribution in [2.45, 2.75) is 311 Å². The van der Waals surface area contributed by atoms with E-state index in [1.54, 1.807) is 0 Å². The van der Waals surface area contributed by atoms with Gasteiger partial charge in [-0.25, -0.2) is 15.0 Å². The van der Waals surface area contributed by atoms with Crippen LogP contribution in [0.4, 0.5) is 17.1 Å². The van der Waals surface area contributed by atoms with E-state index in [2.05, 4.69) is 82.8 Å². The third-order valence-corrected chi connectivity index (χ3v) is 17.3. The average molecular weight is 1170 g/mol. The highest BCUT2D eigenvalue weighted by Gasteiger charge is 2.41. The number of rotatable bonds is 54. The molecule has 3 aromatic rings. The largest absolute Gasteiger partial charge is 0.490 e. The van der Waals surface area contributed by atoms with Gasteiger partial charge in [-0.05, 0) is 56.7 Å². The maximum absolute atomic E-state index is 6.79. The van der Waals surface area contributed by atoms with Crippen molar-refractivity contribution in [3.63, 3.8) is 0 Å². The summed E-state index contributed by atoms with van der Waals surface area (Å²) in [5, 5.41) is 0. The molecule has 0 saturated heterocycles. The van der Waals surface area contributed by atoms with Gasteiger partial charge in [0, 0.05) is 34.9 Å². The van der Waals surface area contributed by atoms with Crippen LogP contribution in [0.25, 0.3) is 0 Å². The van der Waals surface area contributed by atoms with Gasteiger partial charge in [0.25, 0.3) is 0 Å². The Morgan fingerprint density at radius 3 is 0.576 bits per heavy atom. The molecule has 10 heteroatoms. The highest BCUT2D eigenvalue weighted by Crippen LogP contribution is 2.49. The molecule has 3 aliphatic heterocycles. The summed E-state index contributed by atoms with van der Waals surface area (Å²) < 4.78 is 40.7. The zero-order valence-corrected chi connectivity index (χ0v) is 55.1. The molecule has 3 heterocycles. The molecule has 0 N–H and O–H groups in total. The van der Waals surface area contributed by atoms with Crippen molar-refractivity contribution in [1.29, 1.82) is 0 Å². The summed E-state index contributed by atoms with van der Waals surface area (Å²) in [6, 6.07) is 12.8. The van der Waals surface area contributed by atoms with Gasteiger partial charge in [0.1, 0.15) is 17.5 Å². The second kappa shape index (κ2) is 43.0. The van der Waals surface area contributed by atoms with Crippen LogP contribution >= 0.6 is 0 Å². The van der Waals surface area contributed by atoms with Crippen LogP contribution < -0.4 is 28.4 Å². The number of ether oxygens (including phenoxy) is 6. The Morgan fingerprint density at radius 1 is 0.224 bits per heavy atom. The monoisotopic (exact) mass is 1170 g/mol. The molecule has 6 rings (SSSR count).